The molecule has 0 radical (unpaired) electrons. The summed E-state index contributed by atoms with van der Waals surface area (Å²) in [6, 6.07) is 7.46. The maximum Gasteiger partial charge on any atom is 0.320 e. The molecule has 1 saturated carbocycles. The Hall–Kier alpha value is -2.09. The summed E-state index contributed by atoms with van der Waals surface area (Å²) < 4.78 is 13.0. The molecule has 0 heterocycles. The first-order valence-corrected chi connectivity index (χ1v) is 6.90. The monoisotopic (exact) mass is 275 g/mol. The summed E-state index contributed by atoms with van der Waals surface area (Å²) >= 11 is 0. The number of nitriles is 1. The summed E-state index contributed by atoms with van der Waals surface area (Å²) in [5.74, 6) is -0.410. The van der Waals surface area contributed by atoms with Crippen LogP contribution in [0.25, 0.3) is 0 Å². The van der Waals surface area contributed by atoms with Crippen molar-refractivity contribution in [3.63, 3.8) is 0 Å². The van der Waals surface area contributed by atoms with Gasteiger partial charge in [-0.25, -0.2) is 9.18 Å². The molecule has 1 fully saturated rings. The van der Waals surface area contributed by atoms with Crippen molar-refractivity contribution in [3.05, 3.63) is 30.1 Å². The lowest BCUT2D eigenvalue weighted by atomic mass is 9.92. The predicted molar refractivity (Wildman–Crippen MR) is 74.6 cm³/mol. The molecule has 1 aliphatic rings. The number of nitrogens with one attached hydrogen (secondary N) is 2. The number of nitrogens with zero attached hydrogens (tertiary/aromatic N) is 1. The number of anilines is 1. The van der Waals surface area contributed by atoms with Gasteiger partial charge in [0.25, 0.3) is 0 Å². The van der Waals surface area contributed by atoms with Crippen molar-refractivity contribution in [3.8, 4) is 6.07 Å². The number of hydrogen-bond donors (Lipinski definition) is 2. The Balaban J connectivity index is 2.00. The fourth-order valence-corrected chi connectivity index (χ4v) is 2.54. The van der Waals surface area contributed by atoms with E-state index >= 15 is 0 Å². The first-order valence-electron chi connectivity index (χ1n) is 6.90. The molecule has 2 rings (SSSR count). The van der Waals surface area contributed by atoms with Crippen LogP contribution in [0.15, 0.2) is 24.3 Å². The van der Waals surface area contributed by atoms with E-state index in [-0.39, 0.29) is 0 Å². The SMILES string of the molecule is N#CC1(NC(=O)Nc2cccc(F)c2)CCCCCC1. The van der Waals surface area contributed by atoms with Gasteiger partial charge in [0.05, 0.1) is 6.07 Å². The third-order valence-electron chi connectivity index (χ3n) is 3.61. The van der Waals surface area contributed by atoms with Crippen molar-refractivity contribution in [2.45, 2.75) is 44.1 Å². The van der Waals surface area contributed by atoms with E-state index in [2.05, 4.69) is 16.7 Å². The van der Waals surface area contributed by atoms with Crippen LogP contribution < -0.4 is 10.6 Å². The molecule has 0 aromatic heterocycles. The number of rotatable bonds is 2. The van der Waals surface area contributed by atoms with Crippen LogP contribution in [0.5, 0.6) is 0 Å². The van der Waals surface area contributed by atoms with Gasteiger partial charge in [-0.3, -0.25) is 0 Å². The van der Waals surface area contributed by atoms with E-state index in [1.165, 1.54) is 18.2 Å². The zero-order chi connectivity index (χ0) is 14.4. The Morgan fingerprint density at radius 2 is 1.95 bits per heavy atom. The van der Waals surface area contributed by atoms with Crippen molar-refractivity contribution in [1.29, 1.82) is 5.26 Å². The Kier molecular flexibility index (Phi) is 4.57. The Labute approximate surface area is 118 Å². The second-order valence-corrected chi connectivity index (χ2v) is 5.20. The molecule has 106 valence electrons. The van der Waals surface area contributed by atoms with E-state index < -0.39 is 17.4 Å². The van der Waals surface area contributed by atoms with Gasteiger partial charge >= 0.3 is 6.03 Å². The first-order chi connectivity index (χ1) is 9.63. The largest absolute Gasteiger partial charge is 0.320 e. The molecule has 0 aliphatic heterocycles. The molecule has 4 nitrogen and oxygen atoms in total. The van der Waals surface area contributed by atoms with E-state index in [1.54, 1.807) is 6.07 Å². The molecule has 1 aromatic carbocycles. The van der Waals surface area contributed by atoms with E-state index in [4.69, 9.17) is 0 Å². The molecule has 0 spiro atoms. The van der Waals surface area contributed by atoms with Crippen molar-refractivity contribution in [2.24, 2.45) is 0 Å². The van der Waals surface area contributed by atoms with Gasteiger partial charge in [-0.05, 0) is 31.0 Å². The lowest BCUT2D eigenvalue weighted by Gasteiger charge is -2.26. The third-order valence-corrected chi connectivity index (χ3v) is 3.61. The molecule has 2 amide bonds. The standard InChI is InChI=1S/C15H18FN3O/c16-12-6-5-7-13(10-12)18-14(20)19-15(11-17)8-3-1-2-4-9-15/h5-7,10H,1-4,8-9H2,(H2,18,19,20). The Morgan fingerprint density at radius 3 is 2.55 bits per heavy atom. The minimum absolute atomic E-state index is 0.379. The molecule has 1 aromatic rings. The molecule has 1 aliphatic carbocycles. The lowest BCUT2D eigenvalue weighted by molar-refractivity contribution is 0.240. The minimum atomic E-state index is -0.798. The van der Waals surface area contributed by atoms with Gasteiger partial charge in [-0.1, -0.05) is 31.7 Å². The number of amides is 2. The highest BCUT2D eigenvalue weighted by atomic mass is 19.1. The summed E-state index contributed by atoms with van der Waals surface area (Å²) in [5, 5.41) is 14.7. The molecule has 0 bridgehead atoms. The molecule has 0 unspecified atom stereocenters. The van der Waals surface area contributed by atoms with E-state index in [0.29, 0.717) is 18.5 Å². The van der Waals surface area contributed by atoms with Crippen LogP contribution >= 0.6 is 0 Å². The van der Waals surface area contributed by atoms with Crippen molar-refractivity contribution in [1.82, 2.24) is 5.32 Å². The summed E-state index contributed by atoms with van der Waals surface area (Å²) in [6.45, 7) is 0. The molecular formula is C15H18FN3O. The van der Waals surface area contributed by atoms with Gasteiger partial charge in [0, 0.05) is 5.69 Å². The van der Waals surface area contributed by atoms with Gasteiger partial charge < -0.3 is 10.6 Å². The van der Waals surface area contributed by atoms with Crippen LogP contribution in [0.2, 0.25) is 0 Å². The highest BCUT2D eigenvalue weighted by molar-refractivity contribution is 5.90. The van der Waals surface area contributed by atoms with E-state index in [0.717, 1.165) is 25.7 Å². The summed E-state index contributed by atoms with van der Waals surface area (Å²) in [4.78, 5) is 12.0. The van der Waals surface area contributed by atoms with Crippen molar-refractivity contribution >= 4 is 11.7 Å². The molecule has 0 atom stereocenters. The molecule has 0 saturated heterocycles. The van der Waals surface area contributed by atoms with Crippen molar-refractivity contribution in [2.75, 3.05) is 5.32 Å². The topological polar surface area (TPSA) is 64.9 Å². The van der Waals surface area contributed by atoms with E-state index in [9.17, 15) is 14.4 Å². The van der Waals surface area contributed by atoms with Crippen LogP contribution in [-0.4, -0.2) is 11.6 Å². The minimum Gasteiger partial charge on any atom is -0.319 e. The number of urea groups is 1. The fraction of sp³-hybridized carbons (Fsp3) is 0.467. The zero-order valence-corrected chi connectivity index (χ0v) is 11.3. The van der Waals surface area contributed by atoms with Crippen LogP contribution in [0.3, 0.4) is 0 Å². The number of halogens is 1. The van der Waals surface area contributed by atoms with Gasteiger partial charge in [-0.2, -0.15) is 5.26 Å². The molecule has 2 N–H and O–H groups in total. The van der Waals surface area contributed by atoms with Gasteiger partial charge in [0.15, 0.2) is 0 Å². The summed E-state index contributed by atoms with van der Waals surface area (Å²) in [7, 11) is 0. The van der Waals surface area contributed by atoms with Crippen LogP contribution in [0.4, 0.5) is 14.9 Å². The molecule has 20 heavy (non-hydrogen) atoms. The predicted octanol–water partition coefficient (Wildman–Crippen LogP) is 3.56. The van der Waals surface area contributed by atoms with Gasteiger partial charge in [0.2, 0.25) is 0 Å². The number of carbonyl (C=O) groups excluding carboxylic acids is 1. The zero-order valence-electron chi connectivity index (χ0n) is 11.3. The number of carbonyl (C=O) groups is 1. The molecule has 5 heteroatoms. The number of hydrogen-bond acceptors (Lipinski definition) is 2. The first kappa shape index (κ1) is 14.3. The average molecular weight is 275 g/mol. The molecular weight excluding hydrogens is 257 g/mol. The Morgan fingerprint density at radius 1 is 1.25 bits per heavy atom. The second-order valence-electron chi connectivity index (χ2n) is 5.20. The normalized spacial score (nSPS) is 17.6. The lowest BCUT2D eigenvalue weighted by Crippen LogP contribution is -2.48. The van der Waals surface area contributed by atoms with Crippen LogP contribution in [0, 0.1) is 17.1 Å². The fourth-order valence-electron chi connectivity index (χ4n) is 2.54. The maximum absolute atomic E-state index is 13.0. The average Bonchev–Trinajstić information content (AvgIpc) is 2.65. The van der Waals surface area contributed by atoms with Crippen LogP contribution in [-0.2, 0) is 0 Å². The third kappa shape index (κ3) is 3.70. The highest BCUT2D eigenvalue weighted by Crippen LogP contribution is 2.26. The quantitative estimate of drug-likeness (QED) is 0.810. The summed E-state index contributed by atoms with van der Waals surface area (Å²) in [5.41, 5.74) is -0.419. The van der Waals surface area contributed by atoms with Crippen molar-refractivity contribution < 1.29 is 9.18 Å². The maximum atomic E-state index is 13.0. The van der Waals surface area contributed by atoms with E-state index in [1.807, 2.05) is 0 Å². The highest BCUT2D eigenvalue weighted by Gasteiger charge is 2.32. The van der Waals surface area contributed by atoms with Gasteiger partial charge in [0.1, 0.15) is 11.4 Å². The second kappa shape index (κ2) is 6.38. The van der Waals surface area contributed by atoms with Gasteiger partial charge in [-0.15, -0.1) is 0 Å². The smallest absolute Gasteiger partial charge is 0.319 e. The number of benzene rings is 1. The Bertz CT molecular complexity index is 516. The van der Waals surface area contributed by atoms with Crippen LogP contribution in [0.1, 0.15) is 38.5 Å². The summed E-state index contributed by atoms with van der Waals surface area (Å²) in [6.07, 6.45) is 5.40.